The summed E-state index contributed by atoms with van der Waals surface area (Å²) in [4.78, 5) is 12.2. The first-order chi connectivity index (χ1) is 11.2. The molecule has 1 saturated heterocycles. The number of piperidine rings is 1. The molecule has 0 spiro atoms. The van der Waals surface area contributed by atoms with Gasteiger partial charge in [-0.25, -0.2) is 0 Å². The van der Waals surface area contributed by atoms with E-state index >= 15 is 0 Å². The lowest BCUT2D eigenvalue weighted by Crippen LogP contribution is -2.47. The molecule has 1 amide bonds. The predicted molar refractivity (Wildman–Crippen MR) is 90.7 cm³/mol. The van der Waals surface area contributed by atoms with E-state index in [2.05, 4.69) is 10.6 Å². The first kappa shape index (κ1) is 17.8. The van der Waals surface area contributed by atoms with Crippen molar-refractivity contribution in [3.63, 3.8) is 0 Å². The maximum absolute atomic E-state index is 12.2. The van der Waals surface area contributed by atoms with Gasteiger partial charge in [-0.3, -0.25) is 4.79 Å². The highest BCUT2D eigenvalue weighted by atomic mass is 16.5. The maximum atomic E-state index is 12.2. The van der Waals surface area contributed by atoms with Crippen LogP contribution in [0, 0.1) is 5.41 Å². The van der Waals surface area contributed by atoms with Crippen LogP contribution >= 0.6 is 0 Å². The Balaban J connectivity index is 1.82. The molecule has 0 atom stereocenters. The number of rotatable bonds is 8. The number of methoxy groups -OCH3 is 2. The Morgan fingerprint density at radius 3 is 2.70 bits per heavy atom. The molecule has 0 saturated carbocycles. The number of aryl methyl sites for hydroxylation is 1. The molecule has 2 rings (SSSR count). The zero-order valence-corrected chi connectivity index (χ0v) is 14.2. The molecular weight excluding hydrogens is 292 g/mol. The number of hydrogen-bond donors (Lipinski definition) is 2. The molecule has 5 heteroatoms. The van der Waals surface area contributed by atoms with Crippen LogP contribution in [-0.4, -0.2) is 46.4 Å². The van der Waals surface area contributed by atoms with E-state index in [0.29, 0.717) is 26.0 Å². The van der Waals surface area contributed by atoms with Gasteiger partial charge in [-0.1, -0.05) is 18.2 Å². The lowest BCUT2D eigenvalue weighted by atomic mass is 9.79. The standard InChI is InChI=1S/C18H28N2O3/c1-22-14-18(9-11-19-12-10-18)13-20-17(21)8-7-15-5-3-4-6-16(15)23-2/h3-6,19H,7-14H2,1-2H3,(H,20,21). The number of carbonyl (C=O) groups is 1. The fourth-order valence-corrected chi connectivity index (χ4v) is 3.17. The van der Waals surface area contributed by atoms with Gasteiger partial charge in [-0.05, 0) is 44.0 Å². The Kier molecular flexibility index (Phi) is 6.86. The van der Waals surface area contributed by atoms with Crippen molar-refractivity contribution in [3.05, 3.63) is 29.8 Å². The quantitative estimate of drug-likeness (QED) is 0.766. The fraction of sp³-hybridized carbons (Fsp3) is 0.611. The number of amides is 1. The van der Waals surface area contributed by atoms with Gasteiger partial charge < -0.3 is 20.1 Å². The molecule has 128 valence electrons. The first-order valence-electron chi connectivity index (χ1n) is 8.27. The molecule has 2 N–H and O–H groups in total. The minimum absolute atomic E-state index is 0.0695. The Bertz CT molecular complexity index is 493. The fourth-order valence-electron chi connectivity index (χ4n) is 3.17. The van der Waals surface area contributed by atoms with Crippen molar-refractivity contribution in [2.75, 3.05) is 40.5 Å². The topological polar surface area (TPSA) is 59.6 Å². The summed E-state index contributed by atoms with van der Waals surface area (Å²) < 4.78 is 10.7. The highest BCUT2D eigenvalue weighted by Crippen LogP contribution is 2.28. The zero-order valence-electron chi connectivity index (χ0n) is 14.2. The van der Waals surface area contributed by atoms with Crippen molar-refractivity contribution < 1.29 is 14.3 Å². The van der Waals surface area contributed by atoms with Gasteiger partial charge in [0.05, 0.1) is 13.7 Å². The van der Waals surface area contributed by atoms with Crippen molar-refractivity contribution in [2.45, 2.75) is 25.7 Å². The van der Waals surface area contributed by atoms with Crippen LogP contribution in [0.15, 0.2) is 24.3 Å². The second-order valence-corrected chi connectivity index (χ2v) is 6.27. The Labute approximate surface area is 138 Å². The lowest BCUT2D eigenvalue weighted by Gasteiger charge is -2.37. The number of nitrogens with one attached hydrogen (secondary N) is 2. The van der Waals surface area contributed by atoms with Crippen LogP contribution in [0.3, 0.4) is 0 Å². The van der Waals surface area contributed by atoms with Crippen LogP contribution in [0.4, 0.5) is 0 Å². The zero-order chi connectivity index (χ0) is 16.5. The molecule has 0 bridgehead atoms. The van der Waals surface area contributed by atoms with E-state index in [-0.39, 0.29) is 11.3 Å². The predicted octanol–water partition coefficient (Wildman–Crippen LogP) is 1.76. The van der Waals surface area contributed by atoms with Crippen molar-refractivity contribution in [1.82, 2.24) is 10.6 Å². The molecule has 1 aromatic rings. The van der Waals surface area contributed by atoms with Gasteiger partial charge in [0.15, 0.2) is 0 Å². The molecule has 1 aliphatic rings. The molecule has 1 heterocycles. The third-order valence-electron chi connectivity index (χ3n) is 4.59. The molecular formula is C18H28N2O3. The third-order valence-corrected chi connectivity index (χ3v) is 4.59. The van der Waals surface area contributed by atoms with Gasteiger partial charge in [0.25, 0.3) is 0 Å². The summed E-state index contributed by atoms with van der Waals surface area (Å²) in [6.07, 6.45) is 3.23. The molecule has 5 nitrogen and oxygen atoms in total. The lowest BCUT2D eigenvalue weighted by molar-refractivity contribution is -0.122. The highest BCUT2D eigenvalue weighted by Gasteiger charge is 2.32. The summed E-state index contributed by atoms with van der Waals surface area (Å²) in [7, 11) is 3.39. The molecule has 0 aliphatic carbocycles. The van der Waals surface area contributed by atoms with Gasteiger partial charge >= 0.3 is 0 Å². The van der Waals surface area contributed by atoms with Crippen LogP contribution in [-0.2, 0) is 16.0 Å². The average molecular weight is 320 g/mol. The summed E-state index contributed by atoms with van der Waals surface area (Å²) in [6, 6.07) is 7.84. The van der Waals surface area contributed by atoms with Gasteiger partial charge in [0.1, 0.15) is 5.75 Å². The van der Waals surface area contributed by atoms with E-state index in [4.69, 9.17) is 9.47 Å². The van der Waals surface area contributed by atoms with Crippen LogP contribution in [0.2, 0.25) is 0 Å². The number of benzene rings is 1. The van der Waals surface area contributed by atoms with E-state index in [0.717, 1.165) is 37.2 Å². The largest absolute Gasteiger partial charge is 0.496 e. The number of ether oxygens (including phenoxy) is 2. The SMILES string of the molecule is COCC1(CNC(=O)CCc2ccccc2OC)CCNCC1. The van der Waals surface area contributed by atoms with Crippen LogP contribution in [0.25, 0.3) is 0 Å². The third kappa shape index (κ3) is 5.22. The molecule has 1 fully saturated rings. The number of carbonyl (C=O) groups excluding carboxylic acids is 1. The van der Waals surface area contributed by atoms with Crippen molar-refractivity contribution >= 4 is 5.91 Å². The Hall–Kier alpha value is -1.59. The Morgan fingerprint density at radius 1 is 1.26 bits per heavy atom. The first-order valence-corrected chi connectivity index (χ1v) is 8.27. The van der Waals surface area contributed by atoms with E-state index < -0.39 is 0 Å². The number of para-hydroxylation sites is 1. The van der Waals surface area contributed by atoms with Gasteiger partial charge in [-0.2, -0.15) is 0 Å². The highest BCUT2D eigenvalue weighted by molar-refractivity contribution is 5.76. The summed E-state index contributed by atoms with van der Waals surface area (Å²) in [5.41, 5.74) is 1.14. The number of hydrogen-bond acceptors (Lipinski definition) is 4. The molecule has 1 aliphatic heterocycles. The minimum atomic E-state index is 0.0695. The molecule has 0 unspecified atom stereocenters. The van der Waals surface area contributed by atoms with E-state index in [1.165, 1.54) is 0 Å². The summed E-state index contributed by atoms with van der Waals surface area (Å²) in [6.45, 7) is 3.36. The summed E-state index contributed by atoms with van der Waals surface area (Å²) in [5.74, 6) is 0.930. The van der Waals surface area contributed by atoms with Crippen molar-refractivity contribution in [1.29, 1.82) is 0 Å². The monoisotopic (exact) mass is 320 g/mol. The molecule has 0 radical (unpaired) electrons. The van der Waals surface area contributed by atoms with E-state index in [1.54, 1.807) is 14.2 Å². The molecule has 1 aromatic carbocycles. The second-order valence-electron chi connectivity index (χ2n) is 6.27. The molecule has 0 aromatic heterocycles. The average Bonchev–Trinajstić information content (AvgIpc) is 2.59. The van der Waals surface area contributed by atoms with E-state index in [1.807, 2.05) is 24.3 Å². The summed E-state index contributed by atoms with van der Waals surface area (Å²) >= 11 is 0. The second kappa shape index (κ2) is 8.89. The molecule has 23 heavy (non-hydrogen) atoms. The van der Waals surface area contributed by atoms with Crippen LogP contribution in [0.1, 0.15) is 24.8 Å². The maximum Gasteiger partial charge on any atom is 0.220 e. The Morgan fingerprint density at radius 2 is 2.00 bits per heavy atom. The van der Waals surface area contributed by atoms with Gasteiger partial charge in [0, 0.05) is 25.5 Å². The summed E-state index contributed by atoms with van der Waals surface area (Å²) in [5, 5.41) is 6.46. The van der Waals surface area contributed by atoms with Gasteiger partial charge in [0.2, 0.25) is 5.91 Å². The van der Waals surface area contributed by atoms with Crippen molar-refractivity contribution in [2.24, 2.45) is 5.41 Å². The van der Waals surface area contributed by atoms with Crippen molar-refractivity contribution in [3.8, 4) is 5.75 Å². The van der Waals surface area contributed by atoms with Gasteiger partial charge in [-0.15, -0.1) is 0 Å². The van der Waals surface area contributed by atoms with E-state index in [9.17, 15) is 4.79 Å². The normalized spacial score (nSPS) is 16.8. The van der Waals surface area contributed by atoms with Crippen LogP contribution < -0.4 is 15.4 Å². The minimum Gasteiger partial charge on any atom is -0.496 e. The van der Waals surface area contributed by atoms with Crippen LogP contribution in [0.5, 0.6) is 5.75 Å². The smallest absolute Gasteiger partial charge is 0.220 e.